The SMILES string of the molecule is NS(=O)(=O)CCCNC(=O)c1csc2ccccc12. The van der Waals surface area contributed by atoms with Gasteiger partial charge in [0.05, 0.1) is 11.3 Å². The van der Waals surface area contributed by atoms with E-state index in [0.717, 1.165) is 10.1 Å². The van der Waals surface area contributed by atoms with Crippen LogP contribution in [0.15, 0.2) is 29.6 Å². The second-order valence-corrected chi connectivity index (χ2v) is 6.77. The summed E-state index contributed by atoms with van der Waals surface area (Å²) in [6.45, 7) is 0.291. The average Bonchev–Trinajstić information content (AvgIpc) is 2.77. The van der Waals surface area contributed by atoms with E-state index in [1.807, 2.05) is 24.3 Å². The first-order chi connectivity index (χ1) is 8.97. The molecule has 0 aliphatic carbocycles. The molecular weight excluding hydrogens is 284 g/mol. The summed E-state index contributed by atoms with van der Waals surface area (Å²) in [4.78, 5) is 12.0. The Morgan fingerprint density at radius 2 is 2.05 bits per heavy atom. The third-order valence-electron chi connectivity index (χ3n) is 2.62. The van der Waals surface area contributed by atoms with Crippen molar-refractivity contribution < 1.29 is 13.2 Å². The Kier molecular flexibility index (Phi) is 4.18. The van der Waals surface area contributed by atoms with Crippen molar-refractivity contribution in [3.8, 4) is 0 Å². The van der Waals surface area contributed by atoms with Gasteiger partial charge in [-0.05, 0) is 12.5 Å². The Hall–Kier alpha value is -1.44. The number of carbonyl (C=O) groups is 1. The molecular formula is C12H14N2O3S2. The number of carbonyl (C=O) groups excluding carboxylic acids is 1. The second-order valence-electron chi connectivity index (χ2n) is 4.12. The number of nitrogens with two attached hydrogens (primary N) is 1. The number of benzene rings is 1. The van der Waals surface area contributed by atoms with Crippen molar-refractivity contribution >= 4 is 37.4 Å². The van der Waals surface area contributed by atoms with Crippen LogP contribution in [0, 0.1) is 0 Å². The molecule has 0 radical (unpaired) electrons. The van der Waals surface area contributed by atoms with Crippen LogP contribution in [-0.2, 0) is 10.0 Å². The third kappa shape index (κ3) is 3.76. The fourth-order valence-corrected chi connectivity index (χ4v) is 3.21. The van der Waals surface area contributed by atoms with Crippen molar-refractivity contribution in [1.29, 1.82) is 0 Å². The molecule has 2 aromatic rings. The van der Waals surface area contributed by atoms with Crippen LogP contribution in [0.2, 0.25) is 0 Å². The molecule has 1 heterocycles. The van der Waals surface area contributed by atoms with Gasteiger partial charge in [-0.3, -0.25) is 4.79 Å². The van der Waals surface area contributed by atoms with Crippen LogP contribution < -0.4 is 10.5 Å². The van der Waals surface area contributed by atoms with Crippen LogP contribution in [-0.4, -0.2) is 26.6 Å². The quantitative estimate of drug-likeness (QED) is 0.816. The molecule has 0 atom stereocenters. The number of primary sulfonamides is 1. The van der Waals surface area contributed by atoms with E-state index < -0.39 is 10.0 Å². The predicted octanol–water partition coefficient (Wildman–Crippen LogP) is 1.31. The van der Waals surface area contributed by atoms with Gasteiger partial charge < -0.3 is 5.32 Å². The topological polar surface area (TPSA) is 89.3 Å². The molecule has 19 heavy (non-hydrogen) atoms. The molecule has 0 bridgehead atoms. The molecule has 7 heteroatoms. The maximum Gasteiger partial charge on any atom is 0.252 e. The summed E-state index contributed by atoms with van der Waals surface area (Å²) in [7, 11) is -3.46. The Morgan fingerprint density at radius 1 is 1.32 bits per heavy atom. The minimum atomic E-state index is -3.46. The van der Waals surface area contributed by atoms with Gasteiger partial charge in [-0.25, -0.2) is 13.6 Å². The molecule has 1 amide bonds. The number of fused-ring (bicyclic) bond motifs is 1. The van der Waals surface area contributed by atoms with Crippen molar-refractivity contribution in [3.05, 3.63) is 35.2 Å². The van der Waals surface area contributed by atoms with Crippen LogP contribution in [0.25, 0.3) is 10.1 Å². The zero-order valence-corrected chi connectivity index (χ0v) is 11.8. The van der Waals surface area contributed by atoms with Gasteiger partial charge in [0, 0.05) is 22.0 Å². The lowest BCUT2D eigenvalue weighted by Gasteiger charge is -2.03. The maximum absolute atomic E-state index is 12.0. The summed E-state index contributed by atoms with van der Waals surface area (Å²) in [6, 6.07) is 7.66. The van der Waals surface area contributed by atoms with Crippen molar-refractivity contribution in [3.63, 3.8) is 0 Å². The van der Waals surface area contributed by atoms with Crippen LogP contribution in [0.3, 0.4) is 0 Å². The van der Waals surface area contributed by atoms with Crippen LogP contribution in [0.1, 0.15) is 16.8 Å². The zero-order valence-electron chi connectivity index (χ0n) is 10.1. The molecule has 1 aromatic carbocycles. The van der Waals surface area contributed by atoms with E-state index in [1.54, 1.807) is 5.38 Å². The summed E-state index contributed by atoms with van der Waals surface area (Å²) in [6.07, 6.45) is 0.312. The van der Waals surface area contributed by atoms with Gasteiger partial charge in [0.2, 0.25) is 10.0 Å². The van der Waals surface area contributed by atoms with Gasteiger partial charge in [0.15, 0.2) is 0 Å². The average molecular weight is 298 g/mol. The van der Waals surface area contributed by atoms with Gasteiger partial charge in [-0.2, -0.15) is 0 Å². The van der Waals surface area contributed by atoms with Crippen molar-refractivity contribution in [2.24, 2.45) is 5.14 Å². The van der Waals surface area contributed by atoms with Crippen LogP contribution in [0.4, 0.5) is 0 Å². The normalized spacial score (nSPS) is 11.6. The van der Waals surface area contributed by atoms with Crippen molar-refractivity contribution in [1.82, 2.24) is 5.32 Å². The van der Waals surface area contributed by atoms with E-state index in [2.05, 4.69) is 5.32 Å². The molecule has 5 nitrogen and oxygen atoms in total. The van der Waals surface area contributed by atoms with Crippen LogP contribution >= 0.6 is 11.3 Å². The van der Waals surface area contributed by atoms with E-state index in [1.165, 1.54) is 11.3 Å². The first-order valence-corrected chi connectivity index (χ1v) is 8.32. The number of amides is 1. The van der Waals surface area contributed by atoms with E-state index in [-0.39, 0.29) is 11.7 Å². The van der Waals surface area contributed by atoms with E-state index in [4.69, 9.17) is 5.14 Å². The number of nitrogens with one attached hydrogen (secondary N) is 1. The van der Waals surface area contributed by atoms with Gasteiger partial charge in [-0.1, -0.05) is 18.2 Å². The van der Waals surface area contributed by atoms with E-state index >= 15 is 0 Å². The first kappa shape index (κ1) is 14.0. The highest BCUT2D eigenvalue weighted by Crippen LogP contribution is 2.25. The number of hydrogen-bond acceptors (Lipinski definition) is 4. The fraction of sp³-hybridized carbons (Fsp3) is 0.250. The highest BCUT2D eigenvalue weighted by atomic mass is 32.2. The minimum Gasteiger partial charge on any atom is -0.352 e. The molecule has 0 aliphatic rings. The Balaban J connectivity index is 1.97. The molecule has 0 saturated carbocycles. The number of sulfonamides is 1. The molecule has 0 saturated heterocycles. The lowest BCUT2D eigenvalue weighted by Crippen LogP contribution is -2.27. The minimum absolute atomic E-state index is 0.127. The maximum atomic E-state index is 12.0. The van der Waals surface area contributed by atoms with Crippen molar-refractivity contribution in [2.45, 2.75) is 6.42 Å². The number of hydrogen-bond donors (Lipinski definition) is 2. The molecule has 0 spiro atoms. The largest absolute Gasteiger partial charge is 0.352 e. The Labute approximate surface area is 115 Å². The molecule has 1 aromatic heterocycles. The monoisotopic (exact) mass is 298 g/mol. The molecule has 0 fully saturated rings. The summed E-state index contributed by atoms with van der Waals surface area (Å²) in [5.74, 6) is -0.315. The molecule has 2 rings (SSSR count). The van der Waals surface area contributed by atoms with Gasteiger partial charge >= 0.3 is 0 Å². The third-order valence-corrected chi connectivity index (χ3v) is 4.44. The molecule has 102 valence electrons. The van der Waals surface area contributed by atoms with E-state index in [0.29, 0.717) is 18.5 Å². The lowest BCUT2D eigenvalue weighted by molar-refractivity contribution is 0.0955. The highest BCUT2D eigenvalue weighted by Gasteiger charge is 2.11. The summed E-state index contributed by atoms with van der Waals surface area (Å²) >= 11 is 1.51. The summed E-state index contributed by atoms with van der Waals surface area (Å²) in [5.41, 5.74) is 0.621. The summed E-state index contributed by atoms with van der Waals surface area (Å²) in [5, 5.41) is 10.3. The van der Waals surface area contributed by atoms with E-state index in [9.17, 15) is 13.2 Å². The lowest BCUT2D eigenvalue weighted by atomic mass is 10.1. The van der Waals surface area contributed by atoms with Crippen LogP contribution in [0.5, 0.6) is 0 Å². The van der Waals surface area contributed by atoms with Gasteiger partial charge in [0.25, 0.3) is 5.91 Å². The smallest absolute Gasteiger partial charge is 0.252 e. The fourth-order valence-electron chi connectivity index (χ4n) is 1.72. The first-order valence-electron chi connectivity index (χ1n) is 5.72. The molecule has 0 aliphatic heterocycles. The Bertz CT molecular complexity index is 692. The predicted molar refractivity (Wildman–Crippen MR) is 76.7 cm³/mol. The zero-order chi connectivity index (χ0) is 13.9. The second kappa shape index (κ2) is 5.68. The summed E-state index contributed by atoms with van der Waals surface area (Å²) < 4.78 is 22.5. The number of thiophene rings is 1. The van der Waals surface area contributed by atoms with Crippen molar-refractivity contribution in [2.75, 3.05) is 12.3 Å². The number of rotatable bonds is 5. The molecule has 3 N–H and O–H groups in total. The standard InChI is InChI=1S/C12H14N2O3S2/c13-19(16,17)7-3-6-14-12(15)10-8-18-11-5-2-1-4-9(10)11/h1-2,4-5,8H,3,6-7H2,(H,14,15)(H2,13,16,17). The van der Waals surface area contributed by atoms with Gasteiger partial charge in [0.1, 0.15) is 0 Å². The van der Waals surface area contributed by atoms with Gasteiger partial charge in [-0.15, -0.1) is 11.3 Å². The highest BCUT2D eigenvalue weighted by molar-refractivity contribution is 7.89. The Morgan fingerprint density at radius 3 is 2.79 bits per heavy atom. The molecule has 0 unspecified atom stereocenters.